The molecule has 0 aliphatic carbocycles. The fraction of sp³-hybridized carbons (Fsp3) is 0.500. The van der Waals surface area contributed by atoms with Gasteiger partial charge in [-0.1, -0.05) is 6.92 Å². The summed E-state index contributed by atoms with van der Waals surface area (Å²) >= 11 is 0. The number of nitro groups is 1. The molecule has 0 radical (unpaired) electrons. The Morgan fingerprint density at radius 2 is 2.14 bits per heavy atom. The van der Waals surface area contributed by atoms with Gasteiger partial charge in [0.2, 0.25) is 0 Å². The summed E-state index contributed by atoms with van der Waals surface area (Å²) in [7, 11) is 0. The van der Waals surface area contributed by atoms with Crippen LogP contribution in [-0.4, -0.2) is 41.4 Å². The van der Waals surface area contributed by atoms with Crippen LogP contribution in [0.5, 0.6) is 0 Å². The van der Waals surface area contributed by atoms with Crippen molar-refractivity contribution in [1.82, 2.24) is 10.2 Å². The van der Waals surface area contributed by atoms with E-state index in [1.54, 1.807) is 0 Å². The molecule has 0 spiro atoms. The lowest BCUT2D eigenvalue weighted by Crippen LogP contribution is -2.44. The van der Waals surface area contributed by atoms with Crippen LogP contribution in [0.4, 0.5) is 10.1 Å². The molecule has 1 heterocycles. The van der Waals surface area contributed by atoms with Crippen molar-refractivity contribution in [1.29, 1.82) is 0 Å². The lowest BCUT2D eigenvalue weighted by molar-refractivity contribution is -0.384. The monoisotopic (exact) mass is 295 g/mol. The Morgan fingerprint density at radius 1 is 1.48 bits per heavy atom. The maximum Gasteiger partial charge on any atom is 0.270 e. The van der Waals surface area contributed by atoms with Crippen LogP contribution < -0.4 is 5.32 Å². The molecule has 1 N–H and O–H groups in total. The Hall–Kier alpha value is -2.02. The van der Waals surface area contributed by atoms with Crippen molar-refractivity contribution in [3.8, 4) is 0 Å². The van der Waals surface area contributed by atoms with Crippen LogP contribution in [0.25, 0.3) is 0 Å². The average molecular weight is 295 g/mol. The van der Waals surface area contributed by atoms with Crippen molar-refractivity contribution in [2.75, 3.05) is 19.6 Å². The van der Waals surface area contributed by atoms with Gasteiger partial charge >= 0.3 is 0 Å². The third-order valence-corrected chi connectivity index (χ3v) is 3.78. The molecule has 0 saturated carbocycles. The maximum absolute atomic E-state index is 13.7. The molecular weight excluding hydrogens is 277 g/mol. The molecule has 1 aromatic carbocycles. The minimum Gasteiger partial charge on any atom is -0.349 e. The average Bonchev–Trinajstić information content (AvgIpc) is 2.48. The van der Waals surface area contributed by atoms with Gasteiger partial charge in [0, 0.05) is 31.3 Å². The Labute approximate surface area is 122 Å². The predicted octanol–water partition coefficient (Wildman–Crippen LogP) is 1.95. The lowest BCUT2D eigenvalue weighted by atomic mass is 10.0. The minimum absolute atomic E-state index is 0.0148. The van der Waals surface area contributed by atoms with Crippen molar-refractivity contribution in [3.05, 3.63) is 39.7 Å². The van der Waals surface area contributed by atoms with Gasteiger partial charge in [0.25, 0.3) is 11.6 Å². The zero-order valence-corrected chi connectivity index (χ0v) is 11.8. The number of likely N-dealkylation sites (tertiary alicyclic amines) is 1. The molecule has 1 amide bonds. The van der Waals surface area contributed by atoms with E-state index in [2.05, 4.69) is 17.1 Å². The zero-order valence-electron chi connectivity index (χ0n) is 11.8. The molecule has 0 unspecified atom stereocenters. The van der Waals surface area contributed by atoms with E-state index in [-0.39, 0.29) is 17.3 Å². The highest BCUT2D eigenvalue weighted by Crippen LogP contribution is 2.18. The first-order valence-corrected chi connectivity index (χ1v) is 6.98. The fourth-order valence-corrected chi connectivity index (χ4v) is 2.46. The fourth-order valence-electron chi connectivity index (χ4n) is 2.46. The molecule has 1 aliphatic heterocycles. The first-order valence-electron chi connectivity index (χ1n) is 6.98. The van der Waals surface area contributed by atoms with Gasteiger partial charge < -0.3 is 10.2 Å². The summed E-state index contributed by atoms with van der Waals surface area (Å²) in [6, 6.07) is 2.96. The van der Waals surface area contributed by atoms with Gasteiger partial charge in [-0.3, -0.25) is 14.9 Å². The van der Waals surface area contributed by atoms with Gasteiger partial charge in [-0.2, -0.15) is 0 Å². The number of amides is 1. The number of hydrogen-bond donors (Lipinski definition) is 1. The number of nitro benzene ring substituents is 1. The normalized spacial score (nSPS) is 16.7. The summed E-state index contributed by atoms with van der Waals surface area (Å²) in [6.07, 6.45) is 1.60. The van der Waals surface area contributed by atoms with Crippen molar-refractivity contribution in [3.63, 3.8) is 0 Å². The Morgan fingerprint density at radius 3 is 2.71 bits per heavy atom. The second kappa shape index (κ2) is 6.62. The summed E-state index contributed by atoms with van der Waals surface area (Å²) in [5, 5.41) is 13.5. The van der Waals surface area contributed by atoms with Gasteiger partial charge in [-0.05, 0) is 25.5 Å². The molecule has 7 heteroatoms. The molecule has 1 aliphatic rings. The number of nitrogens with zero attached hydrogens (tertiary/aromatic N) is 2. The van der Waals surface area contributed by atoms with Crippen LogP contribution >= 0.6 is 0 Å². The highest BCUT2D eigenvalue weighted by molar-refractivity contribution is 5.95. The van der Waals surface area contributed by atoms with Crippen molar-refractivity contribution >= 4 is 11.6 Å². The summed E-state index contributed by atoms with van der Waals surface area (Å²) in [5.74, 6) is -1.34. The molecule has 0 atom stereocenters. The van der Waals surface area contributed by atoms with Crippen LogP contribution in [0.15, 0.2) is 18.2 Å². The number of benzene rings is 1. The molecular formula is C14H18FN3O3. The third kappa shape index (κ3) is 3.75. The summed E-state index contributed by atoms with van der Waals surface area (Å²) in [6.45, 7) is 4.83. The minimum atomic E-state index is -0.746. The van der Waals surface area contributed by atoms with Gasteiger partial charge in [-0.25, -0.2) is 4.39 Å². The van der Waals surface area contributed by atoms with E-state index in [0.29, 0.717) is 0 Å². The second-order valence-electron chi connectivity index (χ2n) is 5.10. The van der Waals surface area contributed by atoms with E-state index in [1.807, 2.05) is 0 Å². The smallest absolute Gasteiger partial charge is 0.270 e. The van der Waals surface area contributed by atoms with Crippen LogP contribution in [0.2, 0.25) is 0 Å². The second-order valence-corrected chi connectivity index (χ2v) is 5.10. The van der Waals surface area contributed by atoms with Crippen LogP contribution in [0.3, 0.4) is 0 Å². The number of halogens is 1. The molecule has 0 bridgehead atoms. The van der Waals surface area contributed by atoms with Gasteiger partial charge in [0.05, 0.1) is 10.5 Å². The number of nitrogens with one attached hydrogen (secondary N) is 1. The number of piperidine rings is 1. The number of rotatable bonds is 4. The summed E-state index contributed by atoms with van der Waals surface area (Å²) < 4.78 is 13.7. The van der Waals surface area contributed by atoms with Crippen molar-refractivity contribution in [2.45, 2.75) is 25.8 Å². The largest absolute Gasteiger partial charge is 0.349 e. The number of carbonyl (C=O) groups excluding carboxylic acids is 1. The van der Waals surface area contributed by atoms with Crippen LogP contribution in [0, 0.1) is 15.9 Å². The van der Waals surface area contributed by atoms with E-state index < -0.39 is 16.6 Å². The molecule has 0 aromatic heterocycles. The standard InChI is InChI=1S/C14H18FN3O3/c1-2-17-7-5-10(6-8-17)16-14(19)12-9-11(18(20)21)3-4-13(12)15/h3-4,9-10H,2,5-8H2,1H3,(H,16,19). The van der Waals surface area contributed by atoms with Crippen molar-refractivity contribution < 1.29 is 14.1 Å². The van der Waals surface area contributed by atoms with Gasteiger partial charge in [0.15, 0.2) is 0 Å². The van der Waals surface area contributed by atoms with E-state index in [1.165, 1.54) is 0 Å². The zero-order chi connectivity index (χ0) is 15.4. The quantitative estimate of drug-likeness (QED) is 0.680. The van der Waals surface area contributed by atoms with Gasteiger partial charge in [0.1, 0.15) is 5.82 Å². The van der Waals surface area contributed by atoms with E-state index in [4.69, 9.17) is 0 Å². The van der Waals surface area contributed by atoms with Crippen LogP contribution in [-0.2, 0) is 0 Å². The Bertz CT molecular complexity index is 542. The Balaban J connectivity index is 2.03. The molecule has 6 nitrogen and oxygen atoms in total. The number of hydrogen-bond acceptors (Lipinski definition) is 4. The highest BCUT2D eigenvalue weighted by Gasteiger charge is 2.22. The van der Waals surface area contributed by atoms with Crippen LogP contribution in [0.1, 0.15) is 30.1 Å². The first-order chi connectivity index (χ1) is 10.0. The highest BCUT2D eigenvalue weighted by atomic mass is 19.1. The molecule has 2 rings (SSSR count). The maximum atomic E-state index is 13.7. The molecule has 1 fully saturated rings. The summed E-state index contributed by atoms with van der Waals surface area (Å²) in [5.41, 5.74) is -0.565. The SMILES string of the molecule is CCN1CCC(NC(=O)c2cc([N+](=O)[O-])ccc2F)CC1. The number of carbonyl (C=O) groups is 1. The topological polar surface area (TPSA) is 75.5 Å². The predicted molar refractivity (Wildman–Crippen MR) is 75.7 cm³/mol. The van der Waals surface area contributed by atoms with Crippen molar-refractivity contribution in [2.24, 2.45) is 0 Å². The van der Waals surface area contributed by atoms with E-state index >= 15 is 0 Å². The molecule has 114 valence electrons. The molecule has 21 heavy (non-hydrogen) atoms. The Kier molecular flexibility index (Phi) is 4.85. The van der Waals surface area contributed by atoms with Gasteiger partial charge in [-0.15, -0.1) is 0 Å². The number of non-ortho nitro benzene ring substituents is 1. The lowest BCUT2D eigenvalue weighted by Gasteiger charge is -2.31. The summed E-state index contributed by atoms with van der Waals surface area (Å²) in [4.78, 5) is 24.4. The van der Waals surface area contributed by atoms with E-state index in [9.17, 15) is 19.3 Å². The first kappa shape index (κ1) is 15.4. The molecule has 1 saturated heterocycles. The third-order valence-electron chi connectivity index (χ3n) is 3.78. The molecule has 1 aromatic rings. The van der Waals surface area contributed by atoms with E-state index in [0.717, 1.165) is 50.7 Å².